The first kappa shape index (κ1) is 6.64. The minimum Gasteiger partial charge on any atom is -0.506 e. The fraction of sp³-hybridized carbons (Fsp3) is 0. The molecule has 0 aliphatic carbocycles. The molecule has 0 aliphatic heterocycles. The van der Waals surface area contributed by atoms with E-state index in [-0.39, 0.29) is 0 Å². The fourth-order valence-electron chi connectivity index (χ4n) is 0.784. The number of fused-ring (bicyclic) bond motifs is 1. The highest BCUT2D eigenvalue weighted by atomic mass is 79.9. The molecule has 1 nitrogen and oxygen atoms in total. The largest absolute Gasteiger partial charge is 0.506 e. The van der Waals surface area contributed by atoms with Gasteiger partial charge in [-0.05, 0) is 22.0 Å². The van der Waals surface area contributed by atoms with Crippen LogP contribution in [-0.2, 0) is 0 Å². The SMILES string of the molecule is Oc1csc2sc(Br)cc12. The van der Waals surface area contributed by atoms with Crippen LogP contribution in [0, 0.1) is 0 Å². The molecule has 2 aromatic rings. The zero-order chi connectivity index (χ0) is 7.14. The minimum atomic E-state index is 0.391. The summed E-state index contributed by atoms with van der Waals surface area (Å²) in [5.41, 5.74) is 0. The molecule has 2 aromatic heterocycles. The Morgan fingerprint density at radius 1 is 1.50 bits per heavy atom. The number of rotatable bonds is 0. The smallest absolute Gasteiger partial charge is 0.135 e. The molecule has 0 amide bonds. The van der Waals surface area contributed by atoms with Gasteiger partial charge in [0, 0.05) is 10.8 Å². The summed E-state index contributed by atoms with van der Waals surface area (Å²) in [4.78, 5) is 0. The average Bonchev–Trinajstić information content (AvgIpc) is 2.35. The summed E-state index contributed by atoms with van der Waals surface area (Å²) in [6.45, 7) is 0. The van der Waals surface area contributed by atoms with Crippen molar-refractivity contribution in [3.05, 3.63) is 15.2 Å². The Hall–Kier alpha value is -0.0600. The molecule has 52 valence electrons. The van der Waals surface area contributed by atoms with Gasteiger partial charge in [-0.15, -0.1) is 22.7 Å². The molecule has 0 bridgehead atoms. The van der Waals surface area contributed by atoms with Crippen LogP contribution in [0.15, 0.2) is 15.2 Å². The van der Waals surface area contributed by atoms with Crippen LogP contribution < -0.4 is 0 Å². The summed E-state index contributed by atoms with van der Waals surface area (Å²) >= 11 is 6.57. The van der Waals surface area contributed by atoms with E-state index in [1.54, 1.807) is 28.1 Å². The summed E-state index contributed by atoms with van der Waals surface area (Å²) in [5, 5.41) is 11.9. The van der Waals surface area contributed by atoms with E-state index in [1.807, 2.05) is 6.07 Å². The fourth-order valence-corrected chi connectivity index (χ4v) is 3.69. The van der Waals surface area contributed by atoms with E-state index in [0.717, 1.165) is 9.17 Å². The lowest BCUT2D eigenvalue weighted by atomic mass is 10.4. The molecule has 2 rings (SSSR count). The number of halogens is 1. The Morgan fingerprint density at radius 3 is 3.00 bits per heavy atom. The molecule has 2 heterocycles. The number of aromatic hydroxyl groups is 1. The van der Waals surface area contributed by atoms with E-state index in [9.17, 15) is 5.11 Å². The van der Waals surface area contributed by atoms with E-state index >= 15 is 0 Å². The maximum atomic E-state index is 9.22. The Morgan fingerprint density at radius 2 is 2.30 bits per heavy atom. The second-order valence-electron chi connectivity index (χ2n) is 1.87. The van der Waals surface area contributed by atoms with Gasteiger partial charge in [0.15, 0.2) is 0 Å². The van der Waals surface area contributed by atoms with E-state index in [2.05, 4.69) is 15.9 Å². The van der Waals surface area contributed by atoms with Gasteiger partial charge < -0.3 is 5.11 Å². The maximum absolute atomic E-state index is 9.22. The molecule has 0 radical (unpaired) electrons. The van der Waals surface area contributed by atoms with Gasteiger partial charge in [-0.3, -0.25) is 0 Å². The van der Waals surface area contributed by atoms with Crippen LogP contribution in [0.5, 0.6) is 5.75 Å². The first-order valence-electron chi connectivity index (χ1n) is 2.63. The zero-order valence-electron chi connectivity index (χ0n) is 4.80. The Labute approximate surface area is 74.1 Å². The first-order chi connectivity index (χ1) is 4.77. The highest BCUT2D eigenvalue weighted by Gasteiger charge is 2.04. The lowest BCUT2D eigenvalue weighted by Gasteiger charge is -1.77. The monoisotopic (exact) mass is 234 g/mol. The van der Waals surface area contributed by atoms with Crippen molar-refractivity contribution in [2.45, 2.75) is 0 Å². The van der Waals surface area contributed by atoms with Crippen LogP contribution in [0.3, 0.4) is 0 Å². The molecule has 10 heavy (non-hydrogen) atoms. The molecule has 0 aromatic carbocycles. The summed E-state index contributed by atoms with van der Waals surface area (Å²) in [7, 11) is 0. The van der Waals surface area contributed by atoms with Crippen molar-refractivity contribution in [2.75, 3.05) is 0 Å². The summed E-state index contributed by atoms with van der Waals surface area (Å²) in [6.07, 6.45) is 0. The molecular formula is C6H3BrOS2. The summed E-state index contributed by atoms with van der Waals surface area (Å²) in [5.74, 6) is 0.391. The Balaban J connectivity index is 2.90. The third-order valence-electron chi connectivity index (χ3n) is 1.22. The molecule has 0 aliphatic rings. The van der Waals surface area contributed by atoms with Gasteiger partial charge in [0.05, 0.1) is 7.80 Å². The highest BCUT2D eigenvalue weighted by molar-refractivity contribution is 9.11. The summed E-state index contributed by atoms with van der Waals surface area (Å²) in [6, 6.07) is 1.94. The van der Waals surface area contributed by atoms with E-state index < -0.39 is 0 Å². The van der Waals surface area contributed by atoms with Crippen molar-refractivity contribution in [1.29, 1.82) is 0 Å². The summed E-state index contributed by atoms with van der Waals surface area (Å²) < 4.78 is 2.24. The number of hydrogen-bond donors (Lipinski definition) is 1. The molecule has 0 unspecified atom stereocenters. The molecule has 1 N–H and O–H groups in total. The van der Waals surface area contributed by atoms with Crippen molar-refractivity contribution in [3.63, 3.8) is 0 Å². The van der Waals surface area contributed by atoms with E-state index in [4.69, 9.17) is 0 Å². The third kappa shape index (κ3) is 0.872. The Kier molecular flexibility index (Phi) is 1.47. The molecule has 4 heteroatoms. The van der Waals surface area contributed by atoms with Gasteiger partial charge in [-0.25, -0.2) is 0 Å². The van der Waals surface area contributed by atoms with Gasteiger partial charge in [-0.1, -0.05) is 0 Å². The van der Waals surface area contributed by atoms with Gasteiger partial charge in [-0.2, -0.15) is 0 Å². The van der Waals surface area contributed by atoms with Crippen LogP contribution in [0.2, 0.25) is 0 Å². The topological polar surface area (TPSA) is 20.2 Å². The predicted molar refractivity (Wildman–Crippen MR) is 49.1 cm³/mol. The second kappa shape index (κ2) is 2.22. The maximum Gasteiger partial charge on any atom is 0.135 e. The van der Waals surface area contributed by atoms with Crippen LogP contribution in [-0.4, -0.2) is 5.11 Å². The standard InChI is InChI=1S/C6H3BrOS2/c7-5-1-3-4(8)2-9-6(3)10-5/h1-2,8H. The Bertz CT molecular complexity index is 363. The number of thiophene rings is 2. The first-order valence-corrected chi connectivity index (χ1v) is 5.12. The molecule has 0 fully saturated rings. The van der Waals surface area contributed by atoms with Gasteiger partial charge in [0.25, 0.3) is 0 Å². The van der Waals surface area contributed by atoms with E-state index in [1.165, 1.54) is 4.01 Å². The van der Waals surface area contributed by atoms with Crippen molar-refractivity contribution < 1.29 is 5.11 Å². The second-order valence-corrected chi connectivity index (χ2v) is 5.44. The van der Waals surface area contributed by atoms with Gasteiger partial charge >= 0.3 is 0 Å². The number of hydrogen-bond acceptors (Lipinski definition) is 3. The predicted octanol–water partition coefficient (Wildman–Crippen LogP) is 3.43. The van der Waals surface area contributed by atoms with Crippen LogP contribution >= 0.6 is 38.6 Å². The van der Waals surface area contributed by atoms with Gasteiger partial charge in [0.2, 0.25) is 0 Å². The zero-order valence-corrected chi connectivity index (χ0v) is 8.02. The molecule has 0 saturated heterocycles. The van der Waals surface area contributed by atoms with Crippen LogP contribution in [0.25, 0.3) is 9.40 Å². The lowest BCUT2D eigenvalue weighted by Crippen LogP contribution is -1.49. The van der Waals surface area contributed by atoms with Crippen LogP contribution in [0.4, 0.5) is 0 Å². The van der Waals surface area contributed by atoms with Crippen molar-refractivity contribution >= 4 is 48.0 Å². The lowest BCUT2D eigenvalue weighted by molar-refractivity contribution is 0.484. The quantitative estimate of drug-likeness (QED) is 0.741. The average molecular weight is 235 g/mol. The molecular weight excluding hydrogens is 232 g/mol. The van der Waals surface area contributed by atoms with Gasteiger partial charge in [0.1, 0.15) is 5.75 Å². The van der Waals surface area contributed by atoms with Crippen molar-refractivity contribution in [3.8, 4) is 5.75 Å². The van der Waals surface area contributed by atoms with Crippen molar-refractivity contribution in [1.82, 2.24) is 0 Å². The molecule has 0 saturated carbocycles. The highest BCUT2D eigenvalue weighted by Crippen LogP contribution is 2.39. The van der Waals surface area contributed by atoms with Crippen molar-refractivity contribution in [2.24, 2.45) is 0 Å². The normalized spacial score (nSPS) is 10.9. The third-order valence-corrected chi connectivity index (χ3v) is 3.97. The molecule has 0 spiro atoms. The minimum absolute atomic E-state index is 0.391. The molecule has 0 atom stereocenters. The van der Waals surface area contributed by atoms with E-state index in [0.29, 0.717) is 5.75 Å². The van der Waals surface area contributed by atoms with Crippen LogP contribution in [0.1, 0.15) is 0 Å².